The molecule has 5 nitrogen and oxygen atoms in total. The summed E-state index contributed by atoms with van der Waals surface area (Å²) >= 11 is 5.93. The predicted molar refractivity (Wildman–Crippen MR) is 110 cm³/mol. The van der Waals surface area contributed by atoms with Gasteiger partial charge in [-0.2, -0.15) is 13.2 Å². The van der Waals surface area contributed by atoms with Gasteiger partial charge in [-0.05, 0) is 54.1 Å². The second-order valence-corrected chi connectivity index (χ2v) is 6.80. The molecule has 3 aromatic carbocycles. The number of imide groups is 1. The van der Waals surface area contributed by atoms with Crippen LogP contribution in [0.2, 0.25) is 5.02 Å². The number of carbonyl (C=O) groups is 2. The van der Waals surface area contributed by atoms with Crippen molar-refractivity contribution < 1.29 is 27.5 Å². The van der Waals surface area contributed by atoms with Gasteiger partial charge in [0.1, 0.15) is 12.4 Å². The van der Waals surface area contributed by atoms with E-state index in [0.29, 0.717) is 17.0 Å². The number of carbonyl (C=O) groups excluding carboxylic acids is 2. The molecule has 0 aromatic heterocycles. The van der Waals surface area contributed by atoms with Crippen molar-refractivity contribution in [2.75, 3.05) is 5.32 Å². The van der Waals surface area contributed by atoms with Crippen LogP contribution in [-0.2, 0) is 12.8 Å². The Morgan fingerprint density at radius 1 is 0.903 bits per heavy atom. The SMILES string of the molecule is O=C(NC(=O)c1ccccc1Cl)Nc1ccc(OCc2ccc(C(F)(F)F)cc2)cc1. The normalized spacial score (nSPS) is 11.0. The molecule has 3 rings (SSSR count). The number of anilines is 1. The van der Waals surface area contributed by atoms with Gasteiger partial charge in [0.2, 0.25) is 0 Å². The summed E-state index contributed by atoms with van der Waals surface area (Å²) in [7, 11) is 0. The molecule has 0 unspecified atom stereocenters. The smallest absolute Gasteiger partial charge is 0.416 e. The predicted octanol–water partition coefficient (Wildman–Crippen LogP) is 5.90. The number of urea groups is 1. The molecular formula is C22H16ClF3N2O3. The lowest BCUT2D eigenvalue weighted by Crippen LogP contribution is -2.34. The molecule has 9 heteroatoms. The molecule has 0 heterocycles. The van der Waals surface area contributed by atoms with E-state index in [9.17, 15) is 22.8 Å². The Morgan fingerprint density at radius 2 is 1.55 bits per heavy atom. The van der Waals surface area contributed by atoms with E-state index in [0.717, 1.165) is 12.1 Å². The van der Waals surface area contributed by atoms with Crippen LogP contribution in [0.15, 0.2) is 72.8 Å². The lowest BCUT2D eigenvalue weighted by Gasteiger charge is -2.10. The first-order chi connectivity index (χ1) is 14.7. The van der Waals surface area contributed by atoms with Crippen LogP contribution < -0.4 is 15.4 Å². The molecule has 0 atom stereocenters. The molecule has 0 radical (unpaired) electrons. The Hall–Kier alpha value is -3.52. The number of hydrogen-bond acceptors (Lipinski definition) is 3. The highest BCUT2D eigenvalue weighted by Crippen LogP contribution is 2.29. The molecule has 0 fully saturated rings. The van der Waals surface area contributed by atoms with Gasteiger partial charge in [-0.15, -0.1) is 0 Å². The summed E-state index contributed by atoms with van der Waals surface area (Å²) in [5.74, 6) is -0.183. The van der Waals surface area contributed by atoms with Crippen LogP contribution in [-0.4, -0.2) is 11.9 Å². The van der Waals surface area contributed by atoms with Gasteiger partial charge in [0.25, 0.3) is 5.91 Å². The standard InChI is InChI=1S/C22H16ClF3N2O3/c23-19-4-2-1-3-18(19)20(29)28-21(30)27-16-9-11-17(12-10-16)31-13-14-5-7-15(8-6-14)22(24,25)26/h1-12H,13H2,(H2,27,28,29,30). The maximum absolute atomic E-state index is 12.6. The Kier molecular flexibility index (Phi) is 6.81. The van der Waals surface area contributed by atoms with Gasteiger partial charge in [-0.3, -0.25) is 10.1 Å². The lowest BCUT2D eigenvalue weighted by molar-refractivity contribution is -0.137. The zero-order valence-corrected chi connectivity index (χ0v) is 16.6. The highest BCUT2D eigenvalue weighted by atomic mass is 35.5. The zero-order valence-electron chi connectivity index (χ0n) is 15.9. The first-order valence-electron chi connectivity index (χ1n) is 8.98. The summed E-state index contributed by atoms with van der Waals surface area (Å²) in [5.41, 5.74) is 0.434. The summed E-state index contributed by atoms with van der Waals surface area (Å²) < 4.78 is 43.3. The number of alkyl halides is 3. The third-order valence-corrected chi connectivity index (χ3v) is 4.47. The minimum Gasteiger partial charge on any atom is -0.489 e. The average molecular weight is 449 g/mol. The molecule has 0 spiro atoms. The van der Waals surface area contributed by atoms with Crippen LogP contribution >= 0.6 is 11.6 Å². The fraction of sp³-hybridized carbons (Fsp3) is 0.0909. The van der Waals surface area contributed by atoms with Gasteiger partial charge in [0.05, 0.1) is 16.1 Å². The molecule has 31 heavy (non-hydrogen) atoms. The summed E-state index contributed by atoms with van der Waals surface area (Å²) in [4.78, 5) is 24.1. The van der Waals surface area contributed by atoms with Crippen LogP contribution in [0, 0.1) is 0 Å². The van der Waals surface area contributed by atoms with E-state index >= 15 is 0 Å². The van der Waals surface area contributed by atoms with Crippen LogP contribution in [0.25, 0.3) is 0 Å². The second kappa shape index (κ2) is 9.53. The maximum Gasteiger partial charge on any atom is 0.416 e. The molecule has 2 N–H and O–H groups in total. The molecular weight excluding hydrogens is 433 g/mol. The summed E-state index contributed by atoms with van der Waals surface area (Å²) in [6.07, 6.45) is -4.38. The van der Waals surface area contributed by atoms with Crippen molar-refractivity contribution in [1.29, 1.82) is 0 Å². The minimum absolute atomic E-state index is 0.0811. The van der Waals surface area contributed by atoms with Gasteiger partial charge in [0.15, 0.2) is 0 Å². The number of nitrogens with one attached hydrogen (secondary N) is 2. The minimum atomic E-state index is -4.38. The Morgan fingerprint density at radius 3 is 2.16 bits per heavy atom. The van der Waals surface area contributed by atoms with Crippen molar-refractivity contribution in [2.45, 2.75) is 12.8 Å². The number of benzene rings is 3. The fourth-order valence-corrected chi connectivity index (χ4v) is 2.79. The van der Waals surface area contributed by atoms with E-state index < -0.39 is 23.7 Å². The van der Waals surface area contributed by atoms with Crippen LogP contribution in [0.1, 0.15) is 21.5 Å². The number of amides is 3. The molecule has 0 aliphatic rings. The van der Waals surface area contributed by atoms with Crippen molar-refractivity contribution in [2.24, 2.45) is 0 Å². The van der Waals surface area contributed by atoms with Crippen molar-refractivity contribution >= 4 is 29.2 Å². The third-order valence-electron chi connectivity index (χ3n) is 4.14. The summed E-state index contributed by atoms with van der Waals surface area (Å²) in [6, 6.07) is 16.5. The first kappa shape index (κ1) is 22.2. The average Bonchev–Trinajstić information content (AvgIpc) is 2.73. The number of ether oxygens (including phenoxy) is 1. The maximum atomic E-state index is 12.6. The van der Waals surface area contributed by atoms with Crippen molar-refractivity contribution in [3.63, 3.8) is 0 Å². The highest BCUT2D eigenvalue weighted by molar-refractivity contribution is 6.34. The Bertz CT molecular complexity index is 1070. The van der Waals surface area contributed by atoms with Gasteiger partial charge < -0.3 is 10.1 Å². The van der Waals surface area contributed by atoms with E-state index in [-0.39, 0.29) is 17.2 Å². The van der Waals surface area contributed by atoms with Crippen molar-refractivity contribution in [1.82, 2.24) is 5.32 Å². The number of hydrogen-bond donors (Lipinski definition) is 2. The molecule has 0 saturated carbocycles. The zero-order chi connectivity index (χ0) is 22.4. The van der Waals surface area contributed by atoms with Crippen LogP contribution in [0.5, 0.6) is 5.75 Å². The second-order valence-electron chi connectivity index (χ2n) is 6.40. The van der Waals surface area contributed by atoms with Crippen molar-refractivity contribution in [3.05, 3.63) is 94.5 Å². The van der Waals surface area contributed by atoms with Crippen LogP contribution in [0.4, 0.5) is 23.7 Å². The number of rotatable bonds is 5. The van der Waals surface area contributed by atoms with Crippen LogP contribution in [0.3, 0.4) is 0 Å². The lowest BCUT2D eigenvalue weighted by atomic mass is 10.1. The molecule has 0 saturated heterocycles. The largest absolute Gasteiger partial charge is 0.489 e. The summed E-state index contributed by atoms with van der Waals surface area (Å²) in [5, 5.41) is 4.91. The number of halogens is 4. The summed E-state index contributed by atoms with van der Waals surface area (Å²) in [6.45, 7) is 0.0811. The van der Waals surface area contributed by atoms with Gasteiger partial charge in [0, 0.05) is 5.69 Å². The Balaban J connectivity index is 1.51. The van der Waals surface area contributed by atoms with Crippen molar-refractivity contribution in [3.8, 4) is 5.75 Å². The molecule has 0 bridgehead atoms. The van der Waals surface area contributed by atoms with Gasteiger partial charge in [-0.1, -0.05) is 35.9 Å². The fourth-order valence-electron chi connectivity index (χ4n) is 2.57. The molecule has 3 aromatic rings. The first-order valence-corrected chi connectivity index (χ1v) is 9.36. The molecule has 0 aliphatic heterocycles. The highest BCUT2D eigenvalue weighted by Gasteiger charge is 2.29. The van der Waals surface area contributed by atoms with E-state index in [1.807, 2.05) is 0 Å². The topological polar surface area (TPSA) is 67.4 Å². The van der Waals surface area contributed by atoms with E-state index in [4.69, 9.17) is 16.3 Å². The third kappa shape index (κ3) is 6.23. The van der Waals surface area contributed by atoms with E-state index in [1.54, 1.807) is 36.4 Å². The molecule has 160 valence electrons. The monoisotopic (exact) mass is 448 g/mol. The molecule has 3 amide bonds. The van der Waals surface area contributed by atoms with E-state index in [2.05, 4.69) is 10.6 Å². The van der Waals surface area contributed by atoms with Gasteiger partial charge in [-0.25, -0.2) is 4.79 Å². The van der Waals surface area contributed by atoms with Gasteiger partial charge >= 0.3 is 12.2 Å². The Labute approximate surface area is 180 Å². The molecule has 0 aliphatic carbocycles. The van der Waals surface area contributed by atoms with E-state index in [1.165, 1.54) is 24.3 Å². The quantitative estimate of drug-likeness (QED) is 0.510.